The van der Waals surface area contributed by atoms with Crippen molar-refractivity contribution in [1.82, 2.24) is 5.32 Å². The molecule has 0 saturated heterocycles. The van der Waals surface area contributed by atoms with Crippen molar-refractivity contribution in [2.75, 3.05) is 23.3 Å². The van der Waals surface area contributed by atoms with Gasteiger partial charge in [0, 0.05) is 40.0 Å². The minimum Gasteiger partial charge on any atom is -0.423 e. The minimum absolute atomic E-state index is 0.0726. The van der Waals surface area contributed by atoms with Gasteiger partial charge >= 0.3 is 14.2 Å². The molecule has 0 aliphatic heterocycles. The number of nitrogens with one attached hydrogen (secondary N) is 2. The molecule has 0 atom stereocenters. The first-order valence-electron chi connectivity index (χ1n) is 11.3. The Kier molecular flexibility index (Phi) is 9.31. The first kappa shape index (κ1) is 28.5. The summed E-state index contributed by atoms with van der Waals surface area (Å²) in [5, 5.41) is 42.5. The van der Waals surface area contributed by atoms with E-state index in [2.05, 4.69) is 10.6 Å². The van der Waals surface area contributed by atoms with Crippen LogP contribution in [0.15, 0.2) is 60.7 Å². The fourth-order valence-electron chi connectivity index (χ4n) is 3.55. The number of hydrogen-bond donors (Lipinski definition) is 6. The maximum Gasteiger partial charge on any atom is 0.491 e. The molecule has 6 N–H and O–H groups in total. The Hall–Kier alpha value is -4.10. The lowest BCUT2D eigenvalue weighted by Crippen LogP contribution is -2.41. The molecule has 14 heteroatoms. The molecule has 3 amide bonds. The summed E-state index contributed by atoms with van der Waals surface area (Å²) in [7, 11) is -4.30. The molecule has 10 nitrogen and oxygen atoms in total. The molecule has 3 rings (SSSR count). The zero-order valence-corrected chi connectivity index (χ0v) is 20.1. The van der Waals surface area contributed by atoms with Gasteiger partial charge in [-0.25, -0.2) is 8.78 Å². The van der Waals surface area contributed by atoms with Gasteiger partial charge in [-0.15, -0.1) is 0 Å². The summed E-state index contributed by atoms with van der Waals surface area (Å²) in [4.78, 5) is 39.5. The van der Waals surface area contributed by atoms with E-state index in [1.807, 2.05) is 0 Å². The standard InChI is InChI=1S/C24H23B2F2N3O7/c1-2-29-22(32)13-31(24(34)15-7-9-21(28)19(11-15)26(37)38)17-5-3-4-16(12-17)30-23(33)14-6-8-20(27)18(10-14)25(35)36/h3-12,35-38H,2,13H2,1H3,(H,29,32)(H,30,33). The Balaban J connectivity index is 1.94. The lowest BCUT2D eigenvalue weighted by atomic mass is 9.79. The van der Waals surface area contributed by atoms with Crippen molar-refractivity contribution in [3.05, 3.63) is 83.4 Å². The average molecular weight is 525 g/mol. The Bertz CT molecular complexity index is 1360. The van der Waals surface area contributed by atoms with Gasteiger partial charge in [0.15, 0.2) is 0 Å². The smallest absolute Gasteiger partial charge is 0.423 e. The number of benzene rings is 3. The normalized spacial score (nSPS) is 10.5. The maximum atomic E-state index is 13.9. The SMILES string of the molecule is CCNC(=O)CN(C(=O)c1ccc(F)c(B(O)O)c1)c1cccc(NC(=O)c2ccc(F)c(B(O)O)c2)c1. The van der Waals surface area contributed by atoms with Crippen LogP contribution in [0, 0.1) is 11.6 Å². The summed E-state index contributed by atoms with van der Waals surface area (Å²) >= 11 is 0. The molecule has 0 aromatic heterocycles. The van der Waals surface area contributed by atoms with Crippen LogP contribution in [-0.2, 0) is 4.79 Å². The second-order valence-electron chi connectivity index (χ2n) is 8.07. The van der Waals surface area contributed by atoms with Gasteiger partial charge in [-0.3, -0.25) is 19.3 Å². The Labute approximate surface area is 216 Å². The lowest BCUT2D eigenvalue weighted by molar-refractivity contribution is -0.119. The van der Waals surface area contributed by atoms with Gasteiger partial charge in [0.1, 0.15) is 18.2 Å². The third-order valence-electron chi connectivity index (χ3n) is 5.39. The number of hydrogen-bond acceptors (Lipinski definition) is 7. The summed E-state index contributed by atoms with van der Waals surface area (Å²) in [5.41, 5.74) is -0.869. The van der Waals surface area contributed by atoms with Crippen molar-refractivity contribution in [2.45, 2.75) is 6.92 Å². The molecule has 0 bridgehead atoms. The fourth-order valence-corrected chi connectivity index (χ4v) is 3.55. The topological polar surface area (TPSA) is 159 Å². The van der Waals surface area contributed by atoms with Crippen LogP contribution in [0.2, 0.25) is 0 Å². The van der Waals surface area contributed by atoms with E-state index in [9.17, 15) is 43.3 Å². The van der Waals surface area contributed by atoms with Gasteiger partial charge in [-0.1, -0.05) is 6.07 Å². The summed E-state index contributed by atoms with van der Waals surface area (Å²) in [5.74, 6) is -3.83. The Morgan fingerprint density at radius 2 is 1.42 bits per heavy atom. The Morgan fingerprint density at radius 1 is 0.842 bits per heavy atom. The molecule has 0 unspecified atom stereocenters. The number of nitrogens with zero attached hydrogens (tertiary/aromatic N) is 1. The highest BCUT2D eigenvalue weighted by Crippen LogP contribution is 2.22. The van der Waals surface area contributed by atoms with E-state index in [1.165, 1.54) is 24.3 Å². The number of halogens is 2. The van der Waals surface area contributed by atoms with Crippen molar-refractivity contribution in [2.24, 2.45) is 0 Å². The predicted molar refractivity (Wildman–Crippen MR) is 137 cm³/mol. The third-order valence-corrected chi connectivity index (χ3v) is 5.39. The lowest BCUT2D eigenvalue weighted by Gasteiger charge is -2.23. The van der Waals surface area contributed by atoms with Crippen molar-refractivity contribution in [1.29, 1.82) is 0 Å². The van der Waals surface area contributed by atoms with E-state index in [-0.39, 0.29) is 29.0 Å². The summed E-state index contributed by atoms with van der Waals surface area (Å²) < 4.78 is 27.7. The zero-order chi connectivity index (χ0) is 28.0. The number of anilines is 2. The van der Waals surface area contributed by atoms with E-state index in [0.717, 1.165) is 41.3 Å². The number of carbonyl (C=O) groups excluding carboxylic acids is 3. The predicted octanol–water partition coefficient (Wildman–Crippen LogP) is -0.640. The van der Waals surface area contributed by atoms with Crippen LogP contribution in [0.4, 0.5) is 20.2 Å². The van der Waals surface area contributed by atoms with E-state index >= 15 is 0 Å². The highest BCUT2D eigenvalue weighted by molar-refractivity contribution is 6.59. The van der Waals surface area contributed by atoms with Crippen LogP contribution < -0.4 is 26.5 Å². The molecular formula is C24H23B2F2N3O7. The van der Waals surface area contributed by atoms with Crippen LogP contribution >= 0.6 is 0 Å². The average Bonchev–Trinajstić information content (AvgIpc) is 2.87. The van der Waals surface area contributed by atoms with Gasteiger partial charge in [0.25, 0.3) is 11.8 Å². The van der Waals surface area contributed by atoms with Crippen LogP contribution in [0.5, 0.6) is 0 Å². The first-order chi connectivity index (χ1) is 18.0. The van der Waals surface area contributed by atoms with Crippen molar-refractivity contribution in [3.8, 4) is 0 Å². The molecule has 0 saturated carbocycles. The third kappa shape index (κ3) is 6.81. The monoisotopic (exact) mass is 525 g/mol. The number of amides is 3. The van der Waals surface area contributed by atoms with Gasteiger partial charge in [-0.05, 0) is 61.5 Å². The van der Waals surface area contributed by atoms with Crippen molar-refractivity contribution >= 4 is 54.3 Å². The molecule has 38 heavy (non-hydrogen) atoms. The van der Waals surface area contributed by atoms with Crippen LogP contribution in [0.1, 0.15) is 27.6 Å². The van der Waals surface area contributed by atoms with Crippen LogP contribution in [-0.4, -0.2) is 65.1 Å². The Morgan fingerprint density at radius 3 is 2.00 bits per heavy atom. The molecule has 0 aliphatic rings. The molecule has 0 fully saturated rings. The summed E-state index contributed by atoms with van der Waals surface area (Å²) in [6.45, 7) is 1.52. The number of rotatable bonds is 9. The zero-order valence-electron chi connectivity index (χ0n) is 20.1. The van der Waals surface area contributed by atoms with E-state index in [1.54, 1.807) is 6.92 Å². The fraction of sp³-hybridized carbons (Fsp3) is 0.125. The molecule has 0 spiro atoms. The van der Waals surface area contributed by atoms with E-state index in [0.29, 0.717) is 0 Å². The summed E-state index contributed by atoms with van der Waals surface area (Å²) in [6.07, 6.45) is 0. The molecule has 0 heterocycles. The van der Waals surface area contributed by atoms with E-state index < -0.39 is 61.1 Å². The second kappa shape index (κ2) is 12.4. The first-order valence-corrected chi connectivity index (χ1v) is 11.3. The minimum atomic E-state index is -2.17. The molecule has 3 aromatic carbocycles. The number of carbonyl (C=O) groups is 3. The molecule has 0 aliphatic carbocycles. The highest BCUT2D eigenvalue weighted by atomic mass is 19.1. The van der Waals surface area contributed by atoms with Crippen molar-refractivity contribution in [3.63, 3.8) is 0 Å². The van der Waals surface area contributed by atoms with E-state index in [4.69, 9.17) is 0 Å². The molecular weight excluding hydrogens is 502 g/mol. The van der Waals surface area contributed by atoms with Crippen molar-refractivity contribution < 1.29 is 43.3 Å². The quantitative estimate of drug-likeness (QED) is 0.203. The largest absolute Gasteiger partial charge is 0.491 e. The maximum absolute atomic E-state index is 13.9. The number of likely N-dealkylation sites (N-methyl/N-ethyl adjacent to an activating group) is 1. The second-order valence-corrected chi connectivity index (χ2v) is 8.07. The molecule has 196 valence electrons. The van der Waals surface area contributed by atoms with Crippen LogP contribution in [0.25, 0.3) is 0 Å². The molecule has 0 radical (unpaired) electrons. The van der Waals surface area contributed by atoms with Gasteiger partial charge in [0.2, 0.25) is 5.91 Å². The van der Waals surface area contributed by atoms with Gasteiger partial charge in [0.05, 0.1) is 0 Å². The summed E-state index contributed by atoms with van der Waals surface area (Å²) in [6, 6.07) is 11.8. The molecule has 3 aromatic rings. The van der Waals surface area contributed by atoms with Gasteiger partial charge in [-0.2, -0.15) is 0 Å². The highest BCUT2D eigenvalue weighted by Gasteiger charge is 2.25. The van der Waals surface area contributed by atoms with Gasteiger partial charge < -0.3 is 30.7 Å². The van der Waals surface area contributed by atoms with Crippen LogP contribution in [0.3, 0.4) is 0 Å².